The molecule has 1 amide bonds. The minimum Gasteiger partial charge on any atom is -0.390 e. The fourth-order valence-electron chi connectivity index (χ4n) is 3.95. The van der Waals surface area contributed by atoms with Crippen molar-refractivity contribution < 1.29 is 19.2 Å². The van der Waals surface area contributed by atoms with E-state index in [1.165, 1.54) is 12.4 Å². The second-order valence-electron chi connectivity index (χ2n) is 8.45. The zero-order valence-corrected chi connectivity index (χ0v) is 20.5. The average Bonchev–Trinajstić information content (AvgIpc) is 3.60. The van der Waals surface area contributed by atoms with Crippen LogP contribution in [0.15, 0.2) is 29.7 Å². The van der Waals surface area contributed by atoms with Crippen LogP contribution in [0.2, 0.25) is 0 Å². The van der Waals surface area contributed by atoms with Crippen LogP contribution in [0, 0.1) is 0 Å². The van der Waals surface area contributed by atoms with Gasteiger partial charge < -0.3 is 25.5 Å². The predicted octanol–water partition coefficient (Wildman–Crippen LogP) is 1.32. The summed E-state index contributed by atoms with van der Waals surface area (Å²) in [5.74, 6) is 0.153. The number of nitrogens with one attached hydrogen (secondary N) is 4. The summed E-state index contributed by atoms with van der Waals surface area (Å²) in [6.45, 7) is 1.19. The highest BCUT2D eigenvalue weighted by Crippen LogP contribution is 2.31. The summed E-state index contributed by atoms with van der Waals surface area (Å²) in [5.41, 5.74) is 0.838. The van der Waals surface area contributed by atoms with Crippen molar-refractivity contribution in [1.29, 1.82) is 1.28 Å². The molecule has 0 aliphatic carbocycles. The van der Waals surface area contributed by atoms with E-state index in [-0.39, 0.29) is 24.0 Å². The smallest absolute Gasteiger partial charge is 0.388 e. The first-order valence-electron chi connectivity index (χ1n) is 12.3. The standard InChI is InChI=1S/C22H29N8O5P/c31-15-9-18(35-16(15)11-36-34)30-13-27-19-20(30)28-22(29-21(19)33)25-8-4-2-1-3-7-24-17(32)6-5-14-10-23-12-26-14/h5-6,10,12-13,15-16,18,31H,1-4,7-9,11H2,(H,23,26)(H,24,32)(H2,25,28,29,33)/p+1/b6-5+/i/hT. The molecule has 4 rings (SSSR count). The Kier molecular flexibility index (Phi) is 8.45. The number of amides is 1. The number of nitrogens with zero attached hydrogens (tertiary/aromatic N) is 4. The molecule has 13 nitrogen and oxygen atoms in total. The Morgan fingerprint density at radius 3 is 2.97 bits per heavy atom. The third-order valence-electron chi connectivity index (χ3n) is 5.83. The maximum Gasteiger partial charge on any atom is 0.388 e. The summed E-state index contributed by atoms with van der Waals surface area (Å²) >= 11 is 0. The number of carbonyl (C=O) groups excluding carboxylic acids is 1. The van der Waals surface area contributed by atoms with Gasteiger partial charge in [-0.3, -0.25) is 19.1 Å². The van der Waals surface area contributed by atoms with Crippen LogP contribution in [0.4, 0.5) is 5.95 Å². The van der Waals surface area contributed by atoms with Gasteiger partial charge in [-0.2, -0.15) is 4.98 Å². The number of ether oxygens (including phenoxy) is 1. The van der Waals surface area contributed by atoms with E-state index in [1.807, 2.05) is 0 Å². The molecular formula is C22H30N8O5P+. The SMILES string of the molecule is [3H][P+](=O)CC1OC(n2cnc3c(=O)[nH]c(NCCCCCCNC(=O)/C=C/c4cnc[nH]4)nc32)CC1O. The maximum atomic E-state index is 12.5. The quantitative estimate of drug-likeness (QED) is 0.126. The topological polar surface area (TPSA) is 180 Å². The summed E-state index contributed by atoms with van der Waals surface area (Å²) < 4.78 is 25.8. The second-order valence-corrected chi connectivity index (χ2v) is 9.08. The lowest BCUT2D eigenvalue weighted by molar-refractivity contribution is -0.116. The molecule has 3 aromatic heterocycles. The molecule has 0 radical (unpaired) electrons. The molecule has 0 bridgehead atoms. The number of imidazole rings is 2. The number of anilines is 1. The summed E-state index contributed by atoms with van der Waals surface area (Å²) in [6, 6.07) is 0. The third-order valence-corrected chi connectivity index (χ3v) is 6.34. The number of hydrogen-bond donors (Lipinski definition) is 5. The van der Waals surface area contributed by atoms with Crippen LogP contribution in [0.3, 0.4) is 0 Å². The number of H-pyrrole nitrogens is 2. The Balaban J connectivity index is 1.20. The van der Waals surface area contributed by atoms with Crippen LogP contribution in [0.1, 0.15) is 44.0 Å². The van der Waals surface area contributed by atoms with E-state index in [2.05, 4.69) is 35.6 Å². The molecule has 0 aromatic carbocycles. The number of unbranched alkanes of at least 4 members (excludes halogenated alkanes) is 3. The molecule has 0 spiro atoms. The van der Waals surface area contributed by atoms with E-state index >= 15 is 0 Å². The molecule has 36 heavy (non-hydrogen) atoms. The van der Waals surface area contributed by atoms with Crippen LogP contribution in [-0.4, -0.2) is 73.2 Å². The third kappa shape index (κ3) is 6.62. The number of hydrogen-bond acceptors (Lipinski definition) is 9. The molecule has 4 atom stereocenters. The van der Waals surface area contributed by atoms with Gasteiger partial charge in [-0.15, -0.1) is 0 Å². The molecule has 4 unspecified atom stereocenters. The summed E-state index contributed by atoms with van der Waals surface area (Å²) in [7, 11) is -2.20. The largest absolute Gasteiger partial charge is 0.390 e. The van der Waals surface area contributed by atoms with E-state index in [0.717, 1.165) is 31.4 Å². The van der Waals surface area contributed by atoms with Gasteiger partial charge in [0.15, 0.2) is 17.3 Å². The van der Waals surface area contributed by atoms with Gasteiger partial charge in [0.1, 0.15) is 12.3 Å². The molecular weight excluding hydrogens is 487 g/mol. The summed E-state index contributed by atoms with van der Waals surface area (Å²) in [5, 5.41) is 16.2. The van der Waals surface area contributed by atoms with Crippen molar-refractivity contribution in [3.05, 3.63) is 41.0 Å². The van der Waals surface area contributed by atoms with E-state index in [4.69, 9.17) is 6.02 Å². The molecule has 3 aromatic rings. The number of aromatic amines is 2. The number of fused-ring (bicyclic) bond motifs is 1. The van der Waals surface area contributed by atoms with Crippen molar-refractivity contribution >= 4 is 37.5 Å². The lowest BCUT2D eigenvalue weighted by Gasteiger charge is -2.13. The Bertz CT molecular complexity index is 1290. The van der Waals surface area contributed by atoms with Gasteiger partial charge >= 0.3 is 9.68 Å². The molecule has 1 aliphatic heterocycles. The minimum absolute atomic E-state index is 0.0597. The Morgan fingerprint density at radius 2 is 2.19 bits per heavy atom. The molecule has 5 N–H and O–H groups in total. The van der Waals surface area contributed by atoms with Crippen LogP contribution < -0.4 is 16.2 Å². The number of rotatable bonds is 13. The minimum atomic E-state index is -2.20. The molecule has 1 saturated heterocycles. The molecule has 0 saturated carbocycles. The number of aliphatic hydroxyl groups is 1. The Hall–Kier alpha value is -3.41. The predicted molar refractivity (Wildman–Crippen MR) is 134 cm³/mol. The van der Waals surface area contributed by atoms with Crippen LogP contribution in [-0.2, 0) is 14.1 Å². The number of aliphatic hydroxyl groups excluding tert-OH is 1. The molecule has 1 fully saturated rings. The van der Waals surface area contributed by atoms with Gasteiger partial charge in [0.05, 0.1) is 30.6 Å². The molecule has 1 aliphatic rings. The van der Waals surface area contributed by atoms with Crippen LogP contribution in [0.25, 0.3) is 17.2 Å². The van der Waals surface area contributed by atoms with Gasteiger partial charge in [0, 0.05) is 25.6 Å². The number of aromatic nitrogens is 6. The van der Waals surface area contributed by atoms with Crippen molar-refractivity contribution in [2.75, 3.05) is 24.6 Å². The Labute approximate surface area is 209 Å². The van der Waals surface area contributed by atoms with E-state index in [0.29, 0.717) is 24.7 Å². The summed E-state index contributed by atoms with van der Waals surface area (Å²) in [6.07, 6.45) is 9.29. The lowest BCUT2D eigenvalue weighted by atomic mass is 10.2. The van der Waals surface area contributed by atoms with Gasteiger partial charge in [0.25, 0.3) is 5.56 Å². The van der Waals surface area contributed by atoms with Crippen molar-refractivity contribution in [3.8, 4) is 0 Å². The van der Waals surface area contributed by atoms with Crippen molar-refractivity contribution in [3.63, 3.8) is 0 Å². The lowest BCUT2D eigenvalue weighted by Crippen LogP contribution is -2.22. The van der Waals surface area contributed by atoms with Crippen LogP contribution >= 0.6 is 8.41 Å². The van der Waals surface area contributed by atoms with Crippen molar-refractivity contribution in [1.82, 2.24) is 34.8 Å². The average molecular weight is 520 g/mol. The molecule has 14 heteroatoms. The zero-order chi connectivity index (χ0) is 26.2. The highest BCUT2D eigenvalue weighted by atomic mass is 31.1. The van der Waals surface area contributed by atoms with Crippen LogP contribution in [0.5, 0.6) is 0 Å². The van der Waals surface area contributed by atoms with E-state index in [1.54, 1.807) is 23.2 Å². The van der Waals surface area contributed by atoms with Crippen molar-refractivity contribution in [2.45, 2.75) is 50.5 Å². The molecule has 4 heterocycles. The molecule has 192 valence electrons. The first-order valence-corrected chi connectivity index (χ1v) is 12.8. The normalized spacial score (nSPS) is 20.6. The van der Waals surface area contributed by atoms with Crippen molar-refractivity contribution in [2.24, 2.45) is 0 Å². The Morgan fingerprint density at radius 1 is 1.36 bits per heavy atom. The van der Waals surface area contributed by atoms with E-state index < -0.39 is 32.4 Å². The number of carbonyl (C=O) groups is 1. The van der Waals surface area contributed by atoms with Gasteiger partial charge in [-0.1, -0.05) is 17.4 Å². The summed E-state index contributed by atoms with van der Waals surface area (Å²) in [4.78, 5) is 42.3. The van der Waals surface area contributed by atoms with Gasteiger partial charge in [-0.05, 0) is 18.9 Å². The highest BCUT2D eigenvalue weighted by molar-refractivity contribution is 7.23. The fourth-order valence-corrected chi connectivity index (χ4v) is 4.42. The first-order chi connectivity index (χ1) is 17.9. The monoisotopic (exact) mass is 519 g/mol. The first kappa shape index (κ1) is 24.3. The maximum absolute atomic E-state index is 12.5. The fraction of sp³-hybridized carbons (Fsp3) is 0.500. The van der Waals surface area contributed by atoms with Gasteiger partial charge in [-0.25, -0.2) is 9.97 Å². The second kappa shape index (κ2) is 12.5. The highest BCUT2D eigenvalue weighted by Gasteiger charge is 2.37. The van der Waals surface area contributed by atoms with Gasteiger partial charge in [0.2, 0.25) is 11.9 Å². The van der Waals surface area contributed by atoms with E-state index in [9.17, 15) is 19.3 Å². The zero-order valence-electron chi connectivity index (χ0n) is 20.6.